The fourth-order valence-electron chi connectivity index (χ4n) is 2.51. The summed E-state index contributed by atoms with van der Waals surface area (Å²) in [6.45, 7) is 0.0671. The Morgan fingerprint density at radius 2 is 1.62 bits per heavy atom. The number of benzene rings is 2. The maximum atomic E-state index is 12.8. The predicted molar refractivity (Wildman–Crippen MR) is 92.9 cm³/mol. The molecule has 0 atom stereocenters. The second kappa shape index (κ2) is 7.98. The molecule has 152 valence electrons. The lowest BCUT2D eigenvalue weighted by Crippen LogP contribution is -2.17. The van der Waals surface area contributed by atoms with Crippen molar-refractivity contribution >= 4 is 5.82 Å². The molecular weight excluding hydrogens is 400 g/mol. The highest BCUT2D eigenvalue weighted by Crippen LogP contribution is 2.30. The van der Waals surface area contributed by atoms with E-state index in [0.717, 1.165) is 18.2 Å². The molecule has 3 rings (SSSR count). The Hall–Kier alpha value is -3.30. The van der Waals surface area contributed by atoms with Gasteiger partial charge in [0.1, 0.15) is 17.9 Å². The minimum absolute atomic E-state index is 0.0671. The van der Waals surface area contributed by atoms with Crippen molar-refractivity contribution in [3.63, 3.8) is 0 Å². The molecule has 1 N–H and O–H groups in total. The number of halogens is 6. The molecule has 3 aromatic rings. The Bertz CT molecular complexity index is 988. The lowest BCUT2D eigenvalue weighted by atomic mass is 10.1. The Balaban J connectivity index is 1.75. The quantitative estimate of drug-likeness (QED) is 0.548. The van der Waals surface area contributed by atoms with Gasteiger partial charge in [-0.05, 0) is 29.8 Å². The second-order valence-electron chi connectivity index (χ2n) is 5.92. The molecule has 1 heterocycles. The zero-order chi connectivity index (χ0) is 21.1. The van der Waals surface area contributed by atoms with Crippen LogP contribution < -0.4 is 10.1 Å². The third-order valence-electron chi connectivity index (χ3n) is 3.76. The van der Waals surface area contributed by atoms with E-state index in [4.69, 9.17) is 0 Å². The number of aromatic nitrogens is 2. The fraction of sp³-hybridized carbons (Fsp3) is 0.158. The van der Waals surface area contributed by atoms with Crippen LogP contribution in [0.2, 0.25) is 0 Å². The van der Waals surface area contributed by atoms with Crippen LogP contribution in [0.15, 0.2) is 60.9 Å². The molecule has 0 aliphatic carbocycles. The van der Waals surface area contributed by atoms with Crippen LogP contribution in [0.4, 0.5) is 32.2 Å². The smallest absolute Gasteiger partial charge is 0.406 e. The average molecular weight is 413 g/mol. The van der Waals surface area contributed by atoms with Crippen molar-refractivity contribution in [3.05, 3.63) is 72.1 Å². The number of ether oxygens (including phenoxy) is 1. The molecule has 1 aromatic heterocycles. The summed E-state index contributed by atoms with van der Waals surface area (Å²) in [7, 11) is 0. The van der Waals surface area contributed by atoms with E-state index in [0.29, 0.717) is 22.6 Å². The number of alkyl halides is 6. The fourth-order valence-corrected chi connectivity index (χ4v) is 2.51. The van der Waals surface area contributed by atoms with Gasteiger partial charge in [0.2, 0.25) is 0 Å². The van der Waals surface area contributed by atoms with Crippen LogP contribution in [0.25, 0.3) is 11.3 Å². The highest BCUT2D eigenvalue weighted by atomic mass is 19.4. The van der Waals surface area contributed by atoms with Crippen LogP contribution in [0, 0.1) is 0 Å². The Morgan fingerprint density at radius 3 is 2.34 bits per heavy atom. The minimum Gasteiger partial charge on any atom is -0.406 e. The first-order valence-corrected chi connectivity index (χ1v) is 8.18. The van der Waals surface area contributed by atoms with Crippen LogP contribution in [-0.4, -0.2) is 16.3 Å². The molecule has 2 aromatic carbocycles. The van der Waals surface area contributed by atoms with Crippen LogP contribution in [0.5, 0.6) is 5.75 Å². The van der Waals surface area contributed by atoms with Crippen molar-refractivity contribution in [1.29, 1.82) is 0 Å². The van der Waals surface area contributed by atoms with Crippen molar-refractivity contribution < 1.29 is 31.1 Å². The topological polar surface area (TPSA) is 47.0 Å². The van der Waals surface area contributed by atoms with Crippen molar-refractivity contribution in [2.24, 2.45) is 0 Å². The van der Waals surface area contributed by atoms with Gasteiger partial charge in [0.25, 0.3) is 0 Å². The first-order chi connectivity index (χ1) is 13.6. The summed E-state index contributed by atoms with van der Waals surface area (Å²) in [5, 5.41) is 2.87. The van der Waals surface area contributed by atoms with E-state index in [1.807, 2.05) is 0 Å². The lowest BCUT2D eigenvalue weighted by Gasteiger charge is -2.11. The maximum absolute atomic E-state index is 12.8. The molecule has 10 heteroatoms. The SMILES string of the molecule is FC(F)(F)Oc1cccc(-c2cc(NCc3cccc(C(F)(F)F)c3)ncn2)c1. The average Bonchev–Trinajstić information content (AvgIpc) is 2.65. The maximum Gasteiger partial charge on any atom is 0.573 e. The van der Waals surface area contributed by atoms with Gasteiger partial charge in [0.05, 0.1) is 11.3 Å². The van der Waals surface area contributed by atoms with E-state index in [9.17, 15) is 26.3 Å². The Labute approximate surface area is 161 Å². The van der Waals surface area contributed by atoms with E-state index in [-0.39, 0.29) is 6.54 Å². The van der Waals surface area contributed by atoms with Crippen molar-refractivity contribution in [2.75, 3.05) is 5.32 Å². The molecule has 0 saturated heterocycles. The van der Waals surface area contributed by atoms with Crippen LogP contribution >= 0.6 is 0 Å². The zero-order valence-electron chi connectivity index (χ0n) is 14.6. The Morgan fingerprint density at radius 1 is 0.862 bits per heavy atom. The van der Waals surface area contributed by atoms with Crippen LogP contribution in [-0.2, 0) is 12.7 Å². The van der Waals surface area contributed by atoms with Gasteiger partial charge in [-0.2, -0.15) is 13.2 Å². The monoisotopic (exact) mass is 413 g/mol. The standard InChI is InChI=1S/C19H13F6N3O/c20-18(21,22)14-5-1-3-12(7-14)10-26-17-9-16(27-11-28-17)13-4-2-6-15(8-13)29-19(23,24)25/h1-9,11H,10H2,(H,26,27,28). The number of anilines is 1. The molecule has 0 spiro atoms. The van der Waals surface area contributed by atoms with Gasteiger partial charge < -0.3 is 10.1 Å². The first-order valence-electron chi connectivity index (χ1n) is 8.18. The summed E-state index contributed by atoms with van der Waals surface area (Å²) < 4.78 is 79.4. The molecule has 0 aliphatic rings. The molecule has 0 saturated carbocycles. The van der Waals surface area contributed by atoms with Gasteiger partial charge in [0.15, 0.2) is 0 Å². The van der Waals surface area contributed by atoms with Crippen LogP contribution in [0.3, 0.4) is 0 Å². The van der Waals surface area contributed by atoms with E-state index >= 15 is 0 Å². The molecule has 0 bridgehead atoms. The third-order valence-corrected chi connectivity index (χ3v) is 3.76. The van der Waals surface area contributed by atoms with Gasteiger partial charge in [0, 0.05) is 18.2 Å². The van der Waals surface area contributed by atoms with Crippen molar-refractivity contribution in [2.45, 2.75) is 19.1 Å². The summed E-state index contributed by atoms with van der Waals surface area (Å²) in [6, 6.07) is 11.6. The van der Waals surface area contributed by atoms with Crippen LogP contribution in [0.1, 0.15) is 11.1 Å². The second-order valence-corrected chi connectivity index (χ2v) is 5.92. The highest BCUT2D eigenvalue weighted by Gasteiger charge is 2.31. The summed E-state index contributed by atoms with van der Waals surface area (Å²) in [4.78, 5) is 7.99. The van der Waals surface area contributed by atoms with Crippen molar-refractivity contribution in [3.8, 4) is 17.0 Å². The minimum atomic E-state index is -4.82. The van der Waals surface area contributed by atoms with E-state index in [2.05, 4.69) is 20.0 Å². The number of hydrogen-bond acceptors (Lipinski definition) is 4. The molecule has 0 aliphatic heterocycles. The molecule has 0 unspecified atom stereocenters. The molecule has 0 radical (unpaired) electrons. The third kappa shape index (κ3) is 5.84. The molecular formula is C19H13F6N3O. The number of rotatable bonds is 5. The van der Waals surface area contributed by atoms with Gasteiger partial charge in [-0.15, -0.1) is 13.2 Å². The molecule has 4 nitrogen and oxygen atoms in total. The number of hydrogen-bond donors (Lipinski definition) is 1. The largest absolute Gasteiger partial charge is 0.573 e. The Kier molecular flexibility index (Phi) is 5.62. The van der Waals surface area contributed by atoms with E-state index in [1.165, 1.54) is 36.7 Å². The van der Waals surface area contributed by atoms with Gasteiger partial charge >= 0.3 is 12.5 Å². The zero-order valence-corrected chi connectivity index (χ0v) is 14.6. The summed E-state index contributed by atoms with van der Waals surface area (Å²) in [5.74, 6) is -0.0957. The van der Waals surface area contributed by atoms with E-state index < -0.39 is 23.9 Å². The first kappa shape index (κ1) is 20.4. The number of nitrogens with one attached hydrogen (secondary N) is 1. The summed E-state index contributed by atoms with van der Waals surface area (Å²) >= 11 is 0. The molecule has 29 heavy (non-hydrogen) atoms. The van der Waals surface area contributed by atoms with Gasteiger partial charge in [-0.1, -0.05) is 24.3 Å². The normalized spacial score (nSPS) is 11.9. The summed E-state index contributed by atoms with van der Waals surface area (Å²) in [5.41, 5.74) is 0.303. The van der Waals surface area contributed by atoms with Gasteiger partial charge in [-0.25, -0.2) is 9.97 Å². The predicted octanol–water partition coefficient (Wildman–Crippen LogP) is 5.67. The molecule has 0 fully saturated rings. The lowest BCUT2D eigenvalue weighted by molar-refractivity contribution is -0.274. The highest BCUT2D eigenvalue weighted by molar-refractivity contribution is 5.63. The number of nitrogens with zero attached hydrogens (tertiary/aromatic N) is 2. The van der Waals surface area contributed by atoms with Crippen molar-refractivity contribution in [1.82, 2.24) is 9.97 Å². The van der Waals surface area contributed by atoms with E-state index in [1.54, 1.807) is 6.07 Å². The molecule has 0 amide bonds. The summed E-state index contributed by atoms with van der Waals surface area (Å²) in [6.07, 6.45) is -8.06. The van der Waals surface area contributed by atoms with Gasteiger partial charge in [-0.3, -0.25) is 0 Å².